The van der Waals surface area contributed by atoms with E-state index in [0.717, 1.165) is 0 Å². The topological polar surface area (TPSA) is 38.0 Å². The van der Waals surface area contributed by atoms with Crippen LogP contribution < -0.4 is 11.1 Å². The summed E-state index contributed by atoms with van der Waals surface area (Å²) < 4.78 is 64.9. The standard InChI is InChI=1S/C10H11F5N2/c1-10(2,3-16)17-9-7(14)5(12)4(11)6(13)8(9)15/h17H,3,16H2,1-2H3. The van der Waals surface area contributed by atoms with Gasteiger partial charge in [0.15, 0.2) is 23.3 Å². The molecular formula is C10H11F5N2. The molecule has 0 spiro atoms. The first-order valence-electron chi connectivity index (χ1n) is 4.71. The average Bonchev–Trinajstić information content (AvgIpc) is 2.30. The number of hydrogen-bond donors (Lipinski definition) is 2. The van der Waals surface area contributed by atoms with Gasteiger partial charge < -0.3 is 11.1 Å². The van der Waals surface area contributed by atoms with E-state index in [9.17, 15) is 22.0 Å². The normalized spacial score (nSPS) is 11.8. The second-order valence-electron chi connectivity index (χ2n) is 4.16. The van der Waals surface area contributed by atoms with Gasteiger partial charge in [-0.05, 0) is 13.8 Å². The van der Waals surface area contributed by atoms with Crippen LogP contribution in [0.2, 0.25) is 0 Å². The maximum atomic E-state index is 13.2. The van der Waals surface area contributed by atoms with Crippen LogP contribution in [-0.4, -0.2) is 12.1 Å². The first-order chi connectivity index (χ1) is 7.71. The molecule has 0 bridgehead atoms. The van der Waals surface area contributed by atoms with Crippen molar-refractivity contribution >= 4 is 5.69 Å². The summed E-state index contributed by atoms with van der Waals surface area (Å²) in [6.45, 7) is 2.88. The molecule has 0 fully saturated rings. The predicted molar refractivity (Wildman–Crippen MR) is 53.0 cm³/mol. The van der Waals surface area contributed by atoms with Crippen LogP contribution in [0.3, 0.4) is 0 Å². The lowest BCUT2D eigenvalue weighted by Gasteiger charge is -2.26. The van der Waals surface area contributed by atoms with E-state index in [1.54, 1.807) is 0 Å². The Balaban J connectivity index is 3.35. The van der Waals surface area contributed by atoms with Gasteiger partial charge in [0.25, 0.3) is 0 Å². The molecule has 0 radical (unpaired) electrons. The lowest BCUT2D eigenvalue weighted by atomic mass is 10.1. The highest BCUT2D eigenvalue weighted by atomic mass is 19.2. The van der Waals surface area contributed by atoms with E-state index >= 15 is 0 Å². The lowest BCUT2D eigenvalue weighted by molar-refractivity contribution is 0.379. The first kappa shape index (κ1) is 13.7. The Bertz CT molecular complexity index is 416. The minimum atomic E-state index is -2.18. The Kier molecular flexibility index (Phi) is 3.61. The Hall–Kier alpha value is -1.37. The van der Waals surface area contributed by atoms with Crippen LogP contribution in [0, 0.1) is 29.1 Å². The number of benzene rings is 1. The number of rotatable bonds is 3. The van der Waals surface area contributed by atoms with E-state index in [2.05, 4.69) is 5.32 Å². The molecule has 0 aliphatic rings. The molecule has 1 aromatic rings. The number of nitrogens with one attached hydrogen (secondary N) is 1. The number of halogens is 5. The quantitative estimate of drug-likeness (QED) is 0.494. The van der Waals surface area contributed by atoms with Gasteiger partial charge >= 0.3 is 0 Å². The summed E-state index contributed by atoms with van der Waals surface area (Å²) in [6, 6.07) is 0. The van der Waals surface area contributed by atoms with Crippen LogP contribution in [0.1, 0.15) is 13.8 Å². The molecule has 96 valence electrons. The summed E-state index contributed by atoms with van der Waals surface area (Å²) >= 11 is 0. The highest BCUT2D eigenvalue weighted by Crippen LogP contribution is 2.28. The predicted octanol–water partition coefficient (Wildman–Crippen LogP) is 2.53. The van der Waals surface area contributed by atoms with Crippen LogP contribution in [0.5, 0.6) is 0 Å². The molecule has 0 saturated heterocycles. The minimum absolute atomic E-state index is 0.0491. The Morgan fingerprint density at radius 2 is 1.24 bits per heavy atom. The summed E-state index contributed by atoms with van der Waals surface area (Å²) in [7, 11) is 0. The van der Waals surface area contributed by atoms with Crippen molar-refractivity contribution in [3.8, 4) is 0 Å². The van der Waals surface area contributed by atoms with Gasteiger partial charge in [-0.2, -0.15) is 0 Å². The zero-order chi connectivity index (χ0) is 13.4. The second-order valence-corrected chi connectivity index (χ2v) is 4.16. The molecular weight excluding hydrogens is 243 g/mol. The SMILES string of the molecule is CC(C)(CN)Nc1c(F)c(F)c(F)c(F)c1F. The van der Waals surface area contributed by atoms with Crippen molar-refractivity contribution in [1.82, 2.24) is 0 Å². The molecule has 1 aromatic carbocycles. The molecule has 0 saturated carbocycles. The zero-order valence-corrected chi connectivity index (χ0v) is 9.17. The zero-order valence-electron chi connectivity index (χ0n) is 9.17. The number of nitrogens with two attached hydrogens (primary N) is 1. The maximum absolute atomic E-state index is 13.2. The number of hydrogen-bond acceptors (Lipinski definition) is 2. The fraction of sp³-hybridized carbons (Fsp3) is 0.400. The smallest absolute Gasteiger partial charge is 0.200 e. The molecule has 0 aromatic heterocycles. The van der Waals surface area contributed by atoms with Crippen molar-refractivity contribution in [2.75, 3.05) is 11.9 Å². The highest BCUT2D eigenvalue weighted by molar-refractivity contribution is 5.49. The van der Waals surface area contributed by atoms with E-state index in [1.165, 1.54) is 13.8 Å². The molecule has 7 heteroatoms. The summed E-state index contributed by atoms with van der Waals surface area (Å²) in [5.74, 6) is -9.96. The van der Waals surface area contributed by atoms with Crippen molar-refractivity contribution in [1.29, 1.82) is 0 Å². The molecule has 3 N–H and O–H groups in total. The molecule has 0 unspecified atom stereocenters. The third-order valence-electron chi connectivity index (χ3n) is 2.18. The number of anilines is 1. The van der Waals surface area contributed by atoms with Crippen molar-refractivity contribution in [3.05, 3.63) is 29.1 Å². The Morgan fingerprint density at radius 3 is 1.59 bits per heavy atom. The second kappa shape index (κ2) is 4.48. The van der Waals surface area contributed by atoms with Crippen LogP contribution >= 0.6 is 0 Å². The molecule has 2 nitrogen and oxygen atoms in total. The van der Waals surface area contributed by atoms with Gasteiger partial charge in [0.05, 0.1) is 0 Å². The van der Waals surface area contributed by atoms with Gasteiger partial charge in [0.1, 0.15) is 5.69 Å². The van der Waals surface area contributed by atoms with Gasteiger partial charge in [0, 0.05) is 12.1 Å². The van der Waals surface area contributed by atoms with Gasteiger partial charge in [-0.25, -0.2) is 22.0 Å². The fourth-order valence-corrected chi connectivity index (χ4v) is 1.10. The molecule has 0 aliphatic heterocycles. The van der Waals surface area contributed by atoms with E-state index < -0.39 is 40.3 Å². The third kappa shape index (κ3) is 2.49. The lowest BCUT2D eigenvalue weighted by Crippen LogP contribution is -2.40. The molecule has 0 amide bonds. The van der Waals surface area contributed by atoms with E-state index in [1.807, 2.05) is 0 Å². The molecule has 0 atom stereocenters. The van der Waals surface area contributed by atoms with E-state index in [0.29, 0.717) is 0 Å². The fourth-order valence-electron chi connectivity index (χ4n) is 1.10. The van der Waals surface area contributed by atoms with Crippen LogP contribution in [0.25, 0.3) is 0 Å². The maximum Gasteiger partial charge on any atom is 0.200 e. The van der Waals surface area contributed by atoms with Crippen molar-refractivity contribution in [2.45, 2.75) is 19.4 Å². The summed E-state index contributed by atoms with van der Waals surface area (Å²) in [5.41, 5.74) is 3.22. The molecule has 1 rings (SSSR count). The van der Waals surface area contributed by atoms with Gasteiger partial charge in [-0.3, -0.25) is 0 Å². The van der Waals surface area contributed by atoms with Gasteiger partial charge in [0.2, 0.25) is 5.82 Å². The van der Waals surface area contributed by atoms with Crippen molar-refractivity contribution in [2.24, 2.45) is 5.73 Å². The van der Waals surface area contributed by atoms with Gasteiger partial charge in [-0.1, -0.05) is 0 Å². The summed E-state index contributed by atoms with van der Waals surface area (Å²) in [6.07, 6.45) is 0. The molecule has 17 heavy (non-hydrogen) atoms. The summed E-state index contributed by atoms with van der Waals surface area (Å²) in [4.78, 5) is 0. The summed E-state index contributed by atoms with van der Waals surface area (Å²) in [5, 5.41) is 2.19. The van der Waals surface area contributed by atoms with Crippen LogP contribution in [0.4, 0.5) is 27.6 Å². The van der Waals surface area contributed by atoms with E-state index in [4.69, 9.17) is 5.73 Å². The van der Waals surface area contributed by atoms with Crippen molar-refractivity contribution in [3.63, 3.8) is 0 Å². The van der Waals surface area contributed by atoms with Gasteiger partial charge in [-0.15, -0.1) is 0 Å². The Morgan fingerprint density at radius 1 is 0.882 bits per heavy atom. The third-order valence-corrected chi connectivity index (χ3v) is 2.18. The highest BCUT2D eigenvalue weighted by Gasteiger charge is 2.28. The Labute approximate surface area is 94.6 Å². The van der Waals surface area contributed by atoms with Crippen LogP contribution in [-0.2, 0) is 0 Å². The van der Waals surface area contributed by atoms with E-state index in [-0.39, 0.29) is 6.54 Å². The first-order valence-corrected chi connectivity index (χ1v) is 4.71. The monoisotopic (exact) mass is 254 g/mol. The molecule has 0 heterocycles. The largest absolute Gasteiger partial charge is 0.374 e. The average molecular weight is 254 g/mol. The van der Waals surface area contributed by atoms with Crippen LogP contribution in [0.15, 0.2) is 0 Å². The molecule has 0 aliphatic carbocycles. The minimum Gasteiger partial charge on any atom is -0.374 e. The van der Waals surface area contributed by atoms with Crippen molar-refractivity contribution < 1.29 is 22.0 Å².